The molecule has 15 heavy (non-hydrogen) atoms. The number of hydrogen-bond acceptors (Lipinski definition) is 5. The topological polar surface area (TPSA) is 98.5 Å². The van der Waals surface area contributed by atoms with Crippen molar-refractivity contribution in [2.45, 2.75) is 26.3 Å². The molecule has 0 aliphatic rings. The van der Waals surface area contributed by atoms with Crippen LogP contribution in [0.2, 0.25) is 0 Å². The number of esters is 1. The third-order valence-electron chi connectivity index (χ3n) is 1.36. The highest BCUT2D eigenvalue weighted by Gasteiger charge is 2.20. The molecule has 0 radical (unpaired) electrons. The molecule has 0 saturated heterocycles. The van der Waals surface area contributed by atoms with Crippen LogP contribution in [0.1, 0.15) is 20.8 Å². The first-order valence-corrected chi connectivity index (χ1v) is 6.23. The first kappa shape index (κ1) is 14.3. The molecule has 0 aliphatic heterocycles. The molecule has 0 rings (SSSR count). The van der Waals surface area contributed by atoms with Gasteiger partial charge in [-0.1, -0.05) is 0 Å². The predicted molar refractivity (Wildman–Crippen MR) is 56.7 cm³/mol. The molecule has 0 atom stereocenters. The Hall–Kier alpha value is -0.660. The number of ether oxygens (including phenoxy) is 1. The van der Waals surface area contributed by atoms with E-state index in [4.69, 9.17) is 5.73 Å². The number of nitrogens with two attached hydrogens (primary N) is 1. The first-order valence-electron chi connectivity index (χ1n) is 4.58. The Kier molecular flexibility index (Phi) is 5.19. The van der Waals surface area contributed by atoms with Crippen LogP contribution in [0.5, 0.6) is 0 Å². The molecule has 0 unspecified atom stereocenters. The molecule has 0 bridgehead atoms. The number of rotatable bonds is 6. The van der Waals surface area contributed by atoms with E-state index in [0.29, 0.717) is 0 Å². The standard InChI is InChI=1S/C8H18N2O4S/c1-4-14-7(11)5-15(12,13)10-6-8(2,3)9/h10H,4-6,9H2,1-3H3. The van der Waals surface area contributed by atoms with Gasteiger partial charge in [0.15, 0.2) is 5.75 Å². The van der Waals surface area contributed by atoms with Gasteiger partial charge in [-0.15, -0.1) is 0 Å². The Morgan fingerprint density at radius 2 is 2.00 bits per heavy atom. The number of carbonyl (C=O) groups is 1. The zero-order valence-corrected chi connectivity index (χ0v) is 10.1. The zero-order chi connectivity index (χ0) is 12.1. The van der Waals surface area contributed by atoms with Gasteiger partial charge in [-0.2, -0.15) is 0 Å². The highest BCUT2D eigenvalue weighted by molar-refractivity contribution is 7.90. The predicted octanol–water partition coefficient (Wildman–Crippen LogP) is -0.794. The summed E-state index contributed by atoms with van der Waals surface area (Å²) < 4.78 is 29.3. The van der Waals surface area contributed by atoms with Gasteiger partial charge >= 0.3 is 5.97 Å². The molecule has 3 N–H and O–H groups in total. The van der Waals surface area contributed by atoms with Crippen LogP contribution in [0.4, 0.5) is 0 Å². The van der Waals surface area contributed by atoms with E-state index in [0.717, 1.165) is 0 Å². The fourth-order valence-electron chi connectivity index (χ4n) is 0.705. The van der Waals surface area contributed by atoms with Crippen molar-refractivity contribution in [3.63, 3.8) is 0 Å². The van der Waals surface area contributed by atoms with Gasteiger partial charge < -0.3 is 10.5 Å². The van der Waals surface area contributed by atoms with Gasteiger partial charge in [0, 0.05) is 12.1 Å². The Labute approximate surface area is 90.2 Å². The van der Waals surface area contributed by atoms with Gasteiger partial charge in [-0.3, -0.25) is 4.79 Å². The summed E-state index contributed by atoms with van der Waals surface area (Å²) in [6.45, 7) is 5.21. The highest BCUT2D eigenvalue weighted by atomic mass is 32.2. The molecular weight excluding hydrogens is 220 g/mol. The molecule has 7 heteroatoms. The van der Waals surface area contributed by atoms with E-state index in [1.54, 1.807) is 20.8 Å². The second-order valence-corrected chi connectivity index (χ2v) is 5.68. The van der Waals surface area contributed by atoms with Crippen molar-refractivity contribution in [3.8, 4) is 0 Å². The van der Waals surface area contributed by atoms with E-state index in [-0.39, 0.29) is 13.2 Å². The lowest BCUT2D eigenvalue weighted by molar-refractivity contribution is -0.139. The molecule has 90 valence electrons. The van der Waals surface area contributed by atoms with Gasteiger partial charge in [0.2, 0.25) is 10.0 Å². The minimum absolute atomic E-state index is 0.0781. The maximum atomic E-state index is 11.3. The van der Waals surface area contributed by atoms with Crippen LogP contribution in [0, 0.1) is 0 Å². The summed E-state index contributed by atoms with van der Waals surface area (Å²) in [6, 6.07) is 0. The largest absolute Gasteiger partial charge is 0.465 e. The Morgan fingerprint density at radius 3 is 2.40 bits per heavy atom. The van der Waals surface area contributed by atoms with Gasteiger partial charge in [0.05, 0.1) is 6.61 Å². The SMILES string of the molecule is CCOC(=O)CS(=O)(=O)NCC(C)(C)N. The third-order valence-corrected chi connectivity index (χ3v) is 2.56. The molecule has 0 heterocycles. The van der Waals surface area contributed by atoms with Crippen molar-refractivity contribution in [1.82, 2.24) is 4.72 Å². The van der Waals surface area contributed by atoms with Crippen molar-refractivity contribution < 1.29 is 17.9 Å². The lowest BCUT2D eigenvalue weighted by Crippen LogP contribution is -2.46. The van der Waals surface area contributed by atoms with Crippen molar-refractivity contribution in [1.29, 1.82) is 0 Å². The molecule has 0 saturated carbocycles. The maximum absolute atomic E-state index is 11.3. The summed E-state index contributed by atoms with van der Waals surface area (Å²) in [7, 11) is -3.64. The maximum Gasteiger partial charge on any atom is 0.322 e. The first-order chi connectivity index (χ1) is 6.66. The van der Waals surface area contributed by atoms with Gasteiger partial charge in [0.1, 0.15) is 0 Å². The van der Waals surface area contributed by atoms with Crippen LogP contribution in [0.3, 0.4) is 0 Å². The Balaban J connectivity index is 4.15. The summed E-state index contributed by atoms with van der Waals surface area (Å²) in [5.74, 6) is -1.43. The fraction of sp³-hybridized carbons (Fsp3) is 0.875. The Bertz CT molecular complexity index is 305. The fourth-order valence-corrected chi connectivity index (χ4v) is 1.79. The van der Waals surface area contributed by atoms with Crippen LogP contribution < -0.4 is 10.5 Å². The minimum atomic E-state index is -3.64. The van der Waals surface area contributed by atoms with Crippen molar-refractivity contribution in [2.75, 3.05) is 18.9 Å². The van der Waals surface area contributed by atoms with E-state index in [1.165, 1.54) is 0 Å². The lowest BCUT2D eigenvalue weighted by atomic mass is 10.1. The molecule has 0 spiro atoms. The summed E-state index contributed by atoms with van der Waals surface area (Å²) in [4.78, 5) is 10.9. The molecule has 0 amide bonds. The number of sulfonamides is 1. The van der Waals surface area contributed by atoms with Crippen molar-refractivity contribution in [2.24, 2.45) is 5.73 Å². The van der Waals surface area contributed by atoms with E-state index in [9.17, 15) is 13.2 Å². The lowest BCUT2D eigenvalue weighted by Gasteiger charge is -2.18. The normalized spacial score (nSPS) is 12.5. The van der Waals surface area contributed by atoms with Crippen LogP contribution in [-0.4, -0.2) is 38.8 Å². The van der Waals surface area contributed by atoms with Crippen LogP contribution in [-0.2, 0) is 19.6 Å². The van der Waals surface area contributed by atoms with Crippen molar-refractivity contribution >= 4 is 16.0 Å². The second kappa shape index (κ2) is 5.43. The average Bonchev–Trinajstić information content (AvgIpc) is 1.99. The van der Waals surface area contributed by atoms with E-state index >= 15 is 0 Å². The van der Waals surface area contributed by atoms with Crippen LogP contribution in [0.25, 0.3) is 0 Å². The second-order valence-electron chi connectivity index (χ2n) is 3.87. The Morgan fingerprint density at radius 1 is 1.47 bits per heavy atom. The minimum Gasteiger partial charge on any atom is -0.465 e. The van der Waals surface area contributed by atoms with Gasteiger partial charge in [-0.25, -0.2) is 13.1 Å². The molecule has 0 aromatic heterocycles. The summed E-state index contributed by atoms with van der Waals surface area (Å²) >= 11 is 0. The third kappa shape index (κ3) is 8.34. The smallest absolute Gasteiger partial charge is 0.322 e. The van der Waals surface area contributed by atoms with Gasteiger partial charge in [-0.05, 0) is 20.8 Å². The van der Waals surface area contributed by atoms with Crippen LogP contribution in [0.15, 0.2) is 0 Å². The monoisotopic (exact) mass is 238 g/mol. The molecule has 0 aromatic rings. The number of hydrogen-bond donors (Lipinski definition) is 2. The van der Waals surface area contributed by atoms with E-state index in [2.05, 4.69) is 9.46 Å². The van der Waals surface area contributed by atoms with E-state index < -0.39 is 27.3 Å². The van der Waals surface area contributed by atoms with Crippen LogP contribution >= 0.6 is 0 Å². The average molecular weight is 238 g/mol. The zero-order valence-electron chi connectivity index (χ0n) is 9.24. The number of carbonyl (C=O) groups excluding carboxylic acids is 1. The summed E-state index contributed by atoms with van der Waals surface area (Å²) in [5.41, 5.74) is 4.94. The van der Waals surface area contributed by atoms with Gasteiger partial charge in [0.25, 0.3) is 0 Å². The summed E-state index contributed by atoms with van der Waals surface area (Å²) in [6.07, 6.45) is 0. The van der Waals surface area contributed by atoms with E-state index in [1.807, 2.05) is 0 Å². The highest BCUT2D eigenvalue weighted by Crippen LogP contribution is 1.95. The molecule has 0 fully saturated rings. The number of nitrogens with one attached hydrogen (secondary N) is 1. The van der Waals surface area contributed by atoms with Crippen molar-refractivity contribution in [3.05, 3.63) is 0 Å². The molecule has 0 aliphatic carbocycles. The molecular formula is C8H18N2O4S. The summed E-state index contributed by atoms with van der Waals surface area (Å²) in [5, 5.41) is 0. The molecule has 6 nitrogen and oxygen atoms in total. The molecule has 0 aromatic carbocycles. The quantitative estimate of drug-likeness (QED) is 0.591.